The van der Waals surface area contributed by atoms with Crippen molar-refractivity contribution >= 4 is 17.6 Å². The molecule has 0 spiro atoms. The van der Waals surface area contributed by atoms with Gasteiger partial charge in [-0.05, 0) is 19.3 Å². The largest absolute Gasteiger partial charge is 0.481 e. The molecule has 1 aliphatic heterocycles. The number of nitrogens with zero attached hydrogens (tertiary/aromatic N) is 3. The van der Waals surface area contributed by atoms with E-state index in [9.17, 15) is 19.7 Å². The number of carboxylic acids is 1. The Hall–Kier alpha value is -2.45. The van der Waals surface area contributed by atoms with E-state index in [0.29, 0.717) is 37.9 Å². The van der Waals surface area contributed by atoms with Gasteiger partial charge in [0, 0.05) is 13.1 Å². The van der Waals surface area contributed by atoms with Gasteiger partial charge >= 0.3 is 11.7 Å². The number of nitrogens with one attached hydrogen (secondary N) is 1. The summed E-state index contributed by atoms with van der Waals surface area (Å²) in [6, 6.07) is 0. The fourth-order valence-corrected chi connectivity index (χ4v) is 2.66. The smallest absolute Gasteiger partial charge is 0.322 e. The molecular weight excluding hydrogens is 292 g/mol. The molecule has 1 aliphatic rings. The molecule has 0 aliphatic carbocycles. The number of nitro groups is 1. The van der Waals surface area contributed by atoms with Crippen LogP contribution in [-0.2, 0) is 11.2 Å². The quantitative estimate of drug-likeness (QED) is 0.621. The van der Waals surface area contributed by atoms with E-state index in [1.54, 1.807) is 0 Å². The zero-order chi connectivity index (χ0) is 16.3. The SMILES string of the molecule is CCCc1[nH]nc(C(=O)N2CCCC(C(=O)O)C2)c1[N+](=O)[O-]. The van der Waals surface area contributed by atoms with Gasteiger partial charge in [-0.3, -0.25) is 24.8 Å². The number of aliphatic carboxylic acids is 1. The number of carboxylic acid groups (broad SMARTS) is 1. The number of likely N-dealkylation sites (tertiary alicyclic amines) is 1. The number of aromatic nitrogens is 2. The van der Waals surface area contributed by atoms with Crippen LogP contribution in [0.15, 0.2) is 0 Å². The summed E-state index contributed by atoms with van der Waals surface area (Å²) in [4.78, 5) is 35.5. The van der Waals surface area contributed by atoms with Crippen LogP contribution in [0.1, 0.15) is 42.4 Å². The van der Waals surface area contributed by atoms with Gasteiger partial charge < -0.3 is 10.0 Å². The lowest BCUT2D eigenvalue weighted by Crippen LogP contribution is -2.42. The Balaban J connectivity index is 2.25. The van der Waals surface area contributed by atoms with Crippen LogP contribution in [0.25, 0.3) is 0 Å². The molecule has 0 aromatic carbocycles. The van der Waals surface area contributed by atoms with Crippen molar-refractivity contribution in [3.05, 3.63) is 21.5 Å². The molecule has 1 unspecified atom stereocenters. The summed E-state index contributed by atoms with van der Waals surface area (Å²) in [5, 5.41) is 26.6. The van der Waals surface area contributed by atoms with Gasteiger partial charge in [0.1, 0.15) is 5.69 Å². The highest BCUT2D eigenvalue weighted by Crippen LogP contribution is 2.26. The summed E-state index contributed by atoms with van der Waals surface area (Å²) in [5.41, 5.74) is -0.216. The molecule has 0 radical (unpaired) electrons. The molecule has 2 heterocycles. The summed E-state index contributed by atoms with van der Waals surface area (Å²) in [5.74, 6) is -2.18. The fraction of sp³-hybridized carbons (Fsp3) is 0.615. The summed E-state index contributed by atoms with van der Waals surface area (Å²) in [7, 11) is 0. The van der Waals surface area contributed by atoms with Crippen molar-refractivity contribution in [1.82, 2.24) is 15.1 Å². The van der Waals surface area contributed by atoms with Gasteiger partial charge in [0.25, 0.3) is 5.91 Å². The Kier molecular flexibility index (Phi) is 4.74. The second kappa shape index (κ2) is 6.54. The van der Waals surface area contributed by atoms with Crippen molar-refractivity contribution in [2.24, 2.45) is 5.92 Å². The first-order chi connectivity index (χ1) is 10.5. The fourth-order valence-electron chi connectivity index (χ4n) is 2.66. The van der Waals surface area contributed by atoms with E-state index in [2.05, 4.69) is 10.2 Å². The molecule has 1 saturated heterocycles. The molecule has 1 aromatic heterocycles. The number of aryl methyl sites for hydroxylation is 1. The third-order valence-corrected chi connectivity index (χ3v) is 3.76. The highest BCUT2D eigenvalue weighted by molar-refractivity contribution is 5.96. The Morgan fingerprint density at radius 1 is 1.55 bits per heavy atom. The second-order valence-electron chi connectivity index (χ2n) is 5.34. The van der Waals surface area contributed by atoms with Crippen LogP contribution in [0.3, 0.4) is 0 Å². The number of aromatic amines is 1. The van der Waals surface area contributed by atoms with Gasteiger partial charge in [-0.25, -0.2) is 0 Å². The van der Waals surface area contributed by atoms with Crippen molar-refractivity contribution in [2.75, 3.05) is 13.1 Å². The molecule has 0 saturated carbocycles. The van der Waals surface area contributed by atoms with Crippen LogP contribution in [0, 0.1) is 16.0 Å². The van der Waals surface area contributed by atoms with E-state index in [1.165, 1.54) is 4.90 Å². The molecule has 0 bridgehead atoms. The molecule has 2 rings (SSSR count). The molecule has 1 aromatic rings. The zero-order valence-electron chi connectivity index (χ0n) is 12.2. The van der Waals surface area contributed by atoms with Crippen LogP contribution in [0.4, 0.5) is 5.69 Å². The van der Waals surface area contributed by atoms with Crippen molar-refractivity contribution in [1.29, 1.82) is 0 Å². The highest BCUT2D eigenvalue weighted by Gasteiger charge is 2.35. The molecule has 2 N–H and O–H groups in total. The first-order valence-corrected chi connectivity index (χ1v) is 7.19. The van der Waals surface area contributed by atoms with Gasteiger partial charge in [-0.1, -0.05) is 13.3 Å². The Labute approximate surface area is 126 Å². The maximum atomic E-state index is 12.5. The van der Waals surface area contributed by atoms with E-state index in [1.807, 2.05) is 6.92 Å². The zero-order valence-corrected chi connectivity index (χ0v) is 12.2. The summed E-state index contributed by atoms with van der Waals surface area (Å²) in [6.45, 7) is 2.31. The number of piperidine rings is 1. The van der Waals surface area contributed by atoms with Crippen molar-refractivity contribution in [2.45, 2.75) is 32.6 Å². The lowest BCUT2D eigenvalue weighted by molar-refractivity contribution is -0.385. The molecule has 22 heavy (non-hydrogen) atoms. The number of carbonyl (C=O) groups is 2. The van der Waals surface area contributed by atoms with Gasteiger partial charge in [-0.15, -0.1) is 0 Å². The van der Waals surface area contributed by atoms with E-state index in [-0.39, 0.29) is 17.9 Å². The minimum Gasteiger partial charge on any atom is -0.481 e. The van der Waals surface area contributed by atoms with E-state index in [0.717, 1.165) is 0 Å². The molecule has 1 amide bonds. The normalized spacial score (nSPS) is 18.2. The summed E-state index contributed by atoms with van der Waals surface area (Å²) < 4.78 is 0. The number of H-pyrrole nitrogens is 1. The Bertz CT molecular complexity index is 597. The monoisotopic (exact) mass is 310 g/mol. The first kappa shape index (κ1) is 15.9. The number of rotatable bonds is 5. The van der Waals surface area contributed by atoms with Crippen molar-refractivity contribution in [3.8, 4) is 0 Å². The first-order valence-electron chi connectivity index (χ1n) is 7.19. The average Bonchev–Trinajstić information content (AvgIpc) is 2.91. The van der Waals surface area contributed by atoms with Crippen LogP contribution < -0.4 is 0 Å². The maximum absolute atomic E-state index is 12.5. The summed E-state index contributed by atoms with van der Waals surface area (Å²) in [6.07, 6.45) is 2.17. The standard InChI is InChI=1S/C13H18N4O5/c1-2-4-9-11(17(21)22)10(15-14-9)12(18)16-6-3-5-8(7-16)13(19)20/h8H,2-7H2,1H3,(H,14,15)(H,19,20). The van der Waals surface area contributed by atoms with E-state index < -0.39 is 22.7 Å². The van der Waals surface area contributed by atoms with Crippen LogP contribution in [0.2, 0.25) is 0 Å². The van der Waals surface area contributed by atoms with Gasteiger partial charge in [0.2, 0.25) is 5.69 Å². The minimum atomic E-state index is -0.958. The minimum absolute atomic E-state index is 0.0568. The average molecular weight is 310 g/mol. The topological polar surface area (TPSA) is 129 Å². The molecule has 9 heteroatoms. The molecule has 120 valence electrons. The number of hydrogen-bond donors (Lipinski definition) is 2. The van der Waals surface area contributed by atoms with Crippen LogP contribution in [0.5, 0.6) is 0 Å². The van der Waals surface area contributed by atoms with E-state index in [4.69, 9.17) is 5.11 Å². The second-order valence-corrected chi connectivity index (χ2v) is 5.34. The third kappa shape index (κ3) is 3.07. The molecule has 1 atom stereocenters. The Morgan fingerprint density at radius 3 is 2.86 bits per heavy atom. The van der Waals surface area contributed by atoms with Crippen molar-refractivity contribution in [3.63, 3.8) is 0 Å². The molecular formula is C13H18N4O5. The van der Waals surface area contributed by atoms with Gasteiger partial charge in [0.05, 0.1) is 10.8 Å². The predicted octanol–water partition coefficient (Wildman–Crippen LogP) is 1.21. The van der Waals surface area contributed by atoms with Crippen molar-refractivity contribution < 1.29 is 19.6 Å². The predicted molar refractivity (Wildman–Crippen MR) is 75.5 cm³/mol. The van der Waals surface area contributed by atoms with E-state index >= 15 is 0 Å². The number of amides is 1. The van der Waals surface area contributed by atoms with Crippen LogP contribution >= 0.6 is 0 Å². The van der Waals surface area contributed by atoms with Gasteiger partial charge in [0.15, 0.2) is 0 Å². The number of hydrogen-bond acceptors (Lipinski definition) is 5. The molecule has 1 fully saturated rings. The highest BCUT2D eigenvalue weighted by atomic mass is 16.6. The lowest BCUT2D eigenvalue weighted by atomic mass is 9.98. The van der Waals surface area contributed by atoms with Gasteiger partial charge in [-0.2, -0.15) is 5.10 Å². The third-order valence-electron chi connectivity index (χ3n) is 3.76. The Morgan fingerprint density at radius 2 is 2.27 bits per heavy atom. The summed E-state index contributed by atoms with van der Waals surface area (Å²) >= 11 is 0. The maximum Gasteiger partial charge on any atom is 0.322 e. The van der Waals surface area contributed by atoms with Crippen LogP contribution in [-0.4, -0.2) is 50.1 Å². The molecule has 9 nitrogen and oxygen atoms in total. The lowest BCUT2D eigenvalue weighted by Gasteiger charge is -2.29. The number of carbonyl (C=O) groups excluding carboxylic acids is 1.